The van der Waals surface area contributed by atoms with Gasteiger partial charge in [-0.05, 0) is 11.6 Å². The van der Waals surface area contributed by atoms with E-state index >= 15 is 0 Å². The van der Waals surface area contributed by atoms with E-state index in [2.05, 4.69) is 4.18 Å². The molecule has 100 valence electrons. The first kappa shape index (κ1) is 14.7. The number of hydrogen-bond donors (Lipinski definition) is 1. The zero-order valence-corrected chi connectivity index (χ0v) is 10.4. The second-order valence-corrected chi connectivity index (χ2v) is 4.70. The van der Waals surface area contributed by atoms with Crippen molar-refractivity contribution in [1.82, 2.24) is 0 Å². The van der Waals surface area contributed by atoms with Crippen molar-refractivity contribution in [3.8, 4) is 0 Å². The molecule has 7 heteroatoms. The molecule has 0 heterocycles. The number of carbonyl (C=O) groups excluding carboxylic acids is 1. The Hall–Kier alpha value is -2.41. The fourth-order valence-corrected chi connectivity index (χ4v) is 1.70. The molecule has 0 saturated heterocycles. The summed E-state index contributed by atoms with van der Waals surface area (Å²) in [5.41, 5.74) is 0.614. The molecule has 0 aromatic heterocycles. The molecule has 1 N–H and O–H groups in total. The maximum Gasteiger partial charge on any atom is 0.347 e. The molecule has 0 aliphatic rings. The van der Waals surface area contributed by atoms with Gasteiger partial charge in [0.05, 0.1) is 5.41 Å². The monoisotopic (exact) mass is 282 g/mol. The minimum atomic E-state index is -4.20. The van der Waals surface area contributed by atoms with Crippen LogP contribution in [0.1, 0.15) is 5.56 Å². The molecule has 0 spiro atoms. The Labute approximate surface area is 109 Å². The van der Waals surface area contributed by atoms with Crippen molar-refractivity contribution in [2.75, 3.05) is 0 Å². The maximum absolute atomic E-state index is 11.3. The molecular formula is C12H10O6S. The van der Waals surface area contributed by atoms with Crippen LogP contribution >= 0.6 is 0 Å². The largest absolute Gasteiger partial charge is 0.478 e. The molecule has 0 radical (unpaired) electrons. The third-order valence-electron chi connectivity index (χ3n) is 1.79. The molecule has 0 atom stereocenters. The van der Waals surface area contributed by atoms with Gasteiger partial charge in [-0.1, -0.05) is 30.3 Å². The number of carboxylic acid groups (broad SMARTS) is 1. The second kappa shape index (κ2) is 6.50. The maximum atomic E-state index is 11.3. The lowest BCUT2D eigenvalue weighted by molar-refractivity contribution is -0.133. The Bertz CT molecular complexity index is 613. The Morgan fingerprint density at radius 3 is 2.32 bits per heavy atom. The summed E-state index contributed by atoms with van der Waals surface area (Å²) in [6, 6.07) is 8.53. The topological polar surface area (TPSA) is 97.7 Å². The fraction of sp³-hybridized carbons (Fsp3) is 0. The van der Waals surface area contributed by atoms with E-state index < -0.39 is 22.1 Å². The number of benzene rings is 1. The first-order valence-electron chi connectivity index (χ1n) is 5.02. The highest BCUT2D eigenvalue weighted by molar-refractivity contribution is 7.90. The number of carboxylic acids is 1. The van der Waals surface area contributed by atoms with Crippen LogP contribution in [-0.2, 0) is 23.9 Å². The lowest BCUT2D eigenvalue weighted by Crippen LogP contribution is -2.08. The standard InChI is InChI=1S/C12H10O6S/c13-11(14)6-7-12(15)18-19(16,17)9-8-10-4-2-1-3-5-10/h1-9H,(H,13,14)/b7-6-,9-8?. The number of rotatable bonds is 5. The first-order chi connectivity index (χ1) is 8.89. The van der Waals surface area contributed by atoms with Crippen LogP contribution in [0.5, 0.6) is 0 Å². The summed E-state index contributed by atoms with van der Waals surface area (Å²) in [5.74, 6) is -2.66. The average Bonchev–Trinajstić information content (AvgIpc) is 2.35. The Kier molecular flexibility index (Phi) is 5.01. The van der Waals surface area contributed by atoms with Crippen molar-refractivity contribution in [3.63, 3.8) is 0 Å². The predicted octanol–water partition coefficient (Wildman–Crippen LogP) is 1.17. The Morgan fingerprint density at radius 1 is 1.11 bits per heavy atom. The SMILES string of the molecule is O=C(O)/C=C\C(=O)OS(=O)(=O)C=Cc1ccccc1. The molecule has 1 aromatic rings. The highest BCUT2D eigenvalue weighted by Gasteiger charge is 2.11. The van der Waals surface area contributed by atoms with E-state index in [9.17, 15) is 18.0 Å². The van der Waals surface area contributed by atoms with Gasteiger partial charge in [0.25, 0.3) is 0 Å². The minimum Gasteiger partial charge on any atom is -0.478 e. The Balaban J connectivity index is 2.70. The molecule has 0 aliphatic heterocycles. The van der Waals surface area contributed by atoms with E-state index in [1.807, 2.05) is 0 Å². The molecular weight excluding hydrogens is 272 g/mol. The third kappa shape index (κ3) is 6.18. The summed E-state index contributed by atoms with van der Waals surface area (Å²) in [4.78, 5) is 21.1. The van der Waals surface area contributed by atoms with Gasteiger partial charge in [0.2, 0.25) is 0 Å². The van der Waals surface area contributed by atoms with Crippen molar-refractivity contribution in [2.24, 2.45) is 0 Å². The lowest BCUT2D eigenvalue weighted by atomic mass is 10.2. The van der Waals surface area contributed by atoms with Crippen molar-refractivity contribution >= 4 is 28.1 Å². The van der Waals surface area contributed by atoms with Gasteiger partial charge < -0.3 is 9.29 Å². The third-order valence-corrected chi connectivity index (χ3v) is 2.65. The number of aliphatic carboxylic acids is 1. The van der Waals surface area contributed by atoms with Gasteiger partial charge in [0.1, 0.15) is 0 Å². The zero-order valence-electron chi connectivity index (χ0n) is 9.59. The van der Waals surface area contributed by atoms with Crippen molar-refractivity contribution in [3.05, 3.63) is 53.5 Å². The van der Waals surface area contributed by atoms with E-state index in [0.29, 0.717) is 17.7 Å². The second-order valence-electron chi connectivity index (χ2n) is 3.28. The van der Waals surface area contributed by atoms with Gasteiger partial charge in [0.15, 0.2) is 0 Å². The van der Waals surface area contributed by atoms with Gasteiger partial charge in [-0.2, -0.15) is 8.42 Å². The quantitative estimate of drug-likeness (QED) is 0.643. The van der Waals surface area contributed by atoms with Gasteiger partial charge in [-0.25, -0.2) is 9.59 Å². The van der Waals surface area contributed by atoms with Gasteiger partial charge >= 0.3 is 22.1 Å². The first-order valence-corrected chi connectivity index (χ1v) is 6.49. The van der Waals surface area contributed by atoms with E-state index in [1.54, 1.807) is 30.3 Å². The average molecular weight is 282 g/mol. The normalized spacial score (nSPS) is 11.8. The van der Waals surface area contributed by atoms with Crippen LogP contribution in [-0.4, -0.2) is 25.5 Å². The fourth-order valence-electron chi connectivity index (χ4n) is 1.04. The van der Waals surface area contributed by atoms with E-state index in [-0.39, 0.29) is 0 Å². The van der Waals surface area contributed by atoms with Crippen LogP contribution in [0, 0.1) is 0 Å². The molecule has 0 fully saturated rings. The summed E-state index contributed by atoms with van der Waals surface area (Å²) in [6.45, 7) is 0. The molecule has 0 unspecified atom stereocenters. The molecule has 0 aliphatic carbocycles. The summed E-state index contributed by atoms with van der Waals surface area (Å²) in [7, 11) is -4.20. The summed E-state index contributed by atoms with van der Waals surface area (Å²) in [5, 5.41) is 8.97. The van der Waals surface area contributed by atoms with Crippen molar-refractivity contribution in [1.29, 1.82) is 0 Å². The smallest absolute Gasteiger partial charge is 0.347 e. The summed E-state index contributed by atoms with van der Waals surface area (Å²) in [6.07, 6.45) is 2.25. The number of carbonyl (C=O) groups is 2. The van der Waals surface area contributed by atoms with E-state index in [1.165, 1.54) is 6.08 Å². The van der Waals surface area contributed by atoms with Crippen LogP contribution in [0.2, 0.25) is 0 Å². The molecule has 19 heavy (non-hydrogen) atoms. The van der Waals surface area contributed by atoms with Crippen LogP contribution in [0.3, 0.4) is 0 Å². The van der Waals surface area contributed by atoms with Crippen LogP contribution in [0.4, 0.5) is 0 Å². The van der Waals surface area contributed by atoms with Crippen LogP contribution in [0.15, 0.2) is 47.9 Å². The molecule has 1 rings (SSSR count). The van der Waals surface area contributed by atoms with Crippen LogP contribution in [0.25, 0.3) is 6.08 Å². The van der Waals surface area contributed by atoms with Crippen molar-refractivity contribution < 1.29 is 27.3 Å². The summed E-state index contributed by atoms with van der Waals surface area (Å²) < 4.78 is 26.8. The van der Waals surface area contributed by atoms with Gasteiger partial charge in [-0.15, -0.1) is 0 Å². The highest BCUT2D eigenvalue weighted by atomic mass is 32.2. The zero-order chi connectivity index (χ0) is 14.3. The van der Waals surface area contributed by atoms with Crippen molar-refractivity contribution in [2.45, 2.75) is 0 Å². The minimum absolute atomic E-state index is 0.485. The van der Waals surface area contributed by atoms with E-state index in [4.69, 9.17) is 5.11 Å². The summed E-state index contributed by atoms with van der Waals surface area (Å²) >= 11 is 0. The number of hydrogen-bond acceptors (Lipinski definition) is 5. The Morgan fingerprint density at radius 2 is 1.74 bits per heavy atom. The lowest BCUT2D eigenvalue weighted by Gasteiger charge is -1.97. The molecule has 0 amide bonds. The van der Waals surface area contributed by atoms with Gasteiger partial charge in [-0.3, -0.25) is 0 Å². The predicted molar refractivity (Wildman–Crippen MR) is 67.3 cm³/mol. The van der Waals surface area contributed by atoms with Crippen LogP contribution < -0.4 is 0 Å². The molecule has 0 saturated carbocycles. The van der Waals surface area contributed by atoms with Gasteiger partial charge in [0, 0.05) is 12.2 Å². The molecule has 1 aromatic carbocycles. The molecule has 0 bridgehead atoms. The van der Waals surface area contributed by atoms with E-state index in [0.717, 1.165) is 5.41 Å². The highest BCUT2D eigenvalue weighted by Crippen LogP contribution is 2.05. The molecule has 6 nitrogen and oxygen atoms in total.